The number of ether oxygens (including phenoxy) is 1. The first-order valence-electron chi connectivity index (χ1n) is 5.56. The maximum atomic E-state index is 12.5. The van der Waals surface area contributed by atoms with Gasteiger partial charge in [-0.3, -0.25) is 0 Å². The van der Waals surface area contributed by atoms with Crippen molar-refractivity contribution in [3.8, 4) is 0 Å². The Morgan fingerprint density at radius 3 is 2.53 bits per heavy atom. The van der Waals surface area contributed by atoms with E-state index in [-0.39, 0.29) is 17.6 Å². The van der Waals surface area contributed by atoms with Gasteiger partial charge in [-0.1, -0.05) is 19.0 Å². The van der Waals surface area contributed by atoms with Gasteiger partial charge in [-0.15, -0.1) is 0 Å². The smallest absolute Gasteiger partial charge is 0.330 e. The maximum absolute atomic E-state index is 12.5. The molecule has 0 saturated carbocycles. The summed E-state index contributed by atoms with van der Waals surface area (Å²) < 4.78 is 58.0. The molecule has 0 amide bonds. The second-order valence-corrected chi connectivity index (χ2v) is 4.37. The van der Waals surface area contributed by atoms with Crippen molar-refractivity contribution in [2.24, 2.45) is 11.7 Å². The first-order valence-corrected chi connectivity index (χ1v) is 5.56. The molecule has 0 aromatic carbocycles. The molecular formula is C10H15F4N3O2. The first kappa shape index (κ1) is 15.8. The minimum absolute atomic E-state index is 0.0174. The van der Waals surface area contributed by atoms with E-state index in [9.17, 15) is 17.6 Å². The quantitative estimate of drug-likeness (QED) is 0.777. The maximum Gasteiger partial charge on any atom is 0.330 e. The highest BCUT2D eigenvalue weighted by atomic mass is 19.3. The number of hydrogen-bond acceptors (Lipinski definition) is 5. The van der Waals surface area contributed by atoms with Crippen molar-refractivity contribution in [2.75, 3.05) is 6.61 Å². The fourth-order valence-electron chi connectivity index (χ4n) is 1.09. The van der Waals surface area contributed by atoms with E-state index >= 15 is 0 Å². The lowest BCUT2D eigenvalue weighted by Gasteiger charge is -2.14. The molecule has 5 nitrogen and oxygen atoms in total. The molecule has 1 aromatic heterocycles. The van der Waals surface area contributed by atoms with Crippen LogP contribution in [0.4, 0.5) is 17.6 Å². The monoisotopic (exact) mass is 285 g/mol. The summed E-state index contributed by atoms with van der Waals surface area (Å²) in [6, 6.07) is -0.483. The van der Waals surface area contributed by atoms with Gasteiger partial charge in [0.1, 0.15) is 13.2 Å². The zero-order chi connectivity index (χ0) is 14.6. The van der Waals surface area contributed by atoms with Crippen molar-refractivity contribution in [1.82, 2.24) is 10.1 Å². The summed E-state index contributed by atoms with van der Waals surface area (Å²) >= 11 is 0. The molecule has 0 aliphatic heterocycles. The van der Waals surface area contributed by atoms with Crippen molar-refractivity contribution < 1.29 is 26.8 Å². The van der Waals surface area contributed by atoms with Gasteiger partial charge in [-0.25, -0.2) is 8.78 Å². The molecule has 2 N–H and O–H groups in total. The van der Waals surface area contributed by atoms with Crippen LogP contribution in [0.2, 0.25) is 0 Å². The van der Waals surface area contributed by atoms with Crippen LogP contribution in [-0.2, 0) is 11.3 Å². The van der Waals surface area contributed by atoms with E-state index in [4.69, 9.17) is 10.3 Å². The zero-order valence-electron chi connectivity index (χ0n) is 10.4. The van der Waals surface area contributed by atoms with Gasteiger partial charge in [0, 0.05) is 0 Å². The third-order valence-electron chi connectivity index (χ3n) is 2.33. The van der Waals surface area contributed by atoms with Crippen LogP contribution in [-0.4, -0.2) is 29.1 Å². The van der Waals surface area contributed by atoms with Crippen molar-refractivity contribution >= 4 is 0 Å². The van der Waals surface area contributed by atoms with E-state index in [2.05, 4.69) is 14.9 Å². The fourth-order valence-corrected chi connectivity index (χ4v) is 1.09. The molecule has 0 aliphatic rings. The fraction of sp³-hybridized carbons (Fsp3) is 0.800. The molecule has 0 saturated heterocycles. The SMILES string of the molecule is CC(C)[C@H](N)c1nc(COCC(F)(F)C(F)F)no1. The molecule has 1 rings (SSSR count). The highest BCUT2D eigenvalue weighted by Crippen LogP contribution is 2.23. The lowest BCUT2D eigenvalue weighted by molar-refractivity contribution is -0.168. The van der Waals surface area contributed by atoms with Crippen LogP contribution in [0.3, 0.4) is 0 Å². The van der Waals surface area contributed by atoms with E-state index in [1.165, 1.54) is 0 Å². The first-order chi connectivity index (χ1) is 8.74. The molecule has 1 heterocycles. The second-order valence-electron chi connectivity index (χ2n) is 4.37. The van der Waals surface area contributed by atoms with Gasteiger partial charge in [0.2, 0.25) is 5.89 Å². The summed E-state index contributed by atoms with van der Waals surface area (Å²) in [5.74, 6) is -4.01. The summed E-state index contributed by atoms with van der Waals surface area (Å²) in [6.07, 6.45) is -3.78. The zero-order valence-corrected chi connectivity index (χ0v) is 10.4. The van der Waals surface area contributed by atoms with Gasteiger partial charge in [0.15, 0.2) is 5.82 Å². The molecule has 0 radical (unpaired) electrons. The summed E-state index contributed by atoms with van der Waals surface area (Å²) in [5, 5.41) is 3.46. The van der Waals surface area contributed by atoms with Gasteiger partial charge < -0.3 is 15.0 Å². The Labute approximate surface area is 107 Å². The highest BCUT2D eigenvalue weighted by molar-refractivity contribution is 4.92. The van der Waals surface area contributed by atoms with E-state index in [1.807, 2.05) is 13.8 Å². The Kier molecular flexibility index (Phi) is 5.24. The highest BCUT2D eigenvalue weighted by Gasteiger charge is 2.41. The summed E-state index contributed by atoms with van der Waals surface area (Å²) in [4.78, 5) is 3.84. The van der Waals surface area contributed by atoms with E-state index in [0.29, 0.717) is 0 Å². The summed E-state index contributed by atoms with van der Waals surface area (Å²) in [5.41, 5.74) is 5.73. The van der Waals surface area contributed by atoms with E-state index in [1.54, 1.807) is 0 Å². The lowest BCUT2D eigenvalue weighted by Crippen LogP contribution is -2.32. The number of nitrogens with zero attached hydrogens (tertiary/aromatic N) is 2. The summed E-state index contributed by atoms with van der Waals surface area (Å²) in [6.45, 7) is 1.82. The van der Waals surface area contributed by atoms with Gasteiger partial charge in [-0.2, -0.15) is 13.8 Å². The minimum Gasteiger partial charge on any atom is -0.367 e. The Balaban J connectivity index is 2.47. The molecule has 19 heavy (non-hydrogen) atoms. The number of halogens is 4. The number of rotatable bonds is 7. The normalized spacial score (nSPS) is 14.4. The number of hydrogen-bond donors (Lipinski definition) is 1. The molecule has 0 bridgehead atoms. The molecule has 1 aromatic rings. The molecule has 0 unspecified atom stereocenters. The largest absolute Gasteiger partial charge is 0.367 e. The minimum atomic E-state index is -4.19. The van der Waals surface area contributed by atoms with Crippen LogP contribution in [0.25, 0.3) is 0 Å². The van der Waals surface area contributed by atoms with Gasteiger partial charge in [0.25, 0.3) is 0 Å². The number of nitrogens with two attached hydrogens (primary N) is 1. The van der Waals surface area contributed by atoms with E-state index < -0.39 is 31.6 Å². The van der Waals surface area contributed by atoms with Gasteiger partial charge in [-0.05, 0) is 5.92 Å². The van der Waals surface area contributed by atoms with Crippen molar-refractivity contribution in [3.63, 3.8) is 0 Å². The summed E-state index contributed by atoms with van der Waals surface area (Å²) in [7, 11) is 0. The topological polar surface area (TPSA) is 74.2 Å². The standard InChI is InChI=1S/C10H15F4N3O2/c1-5(2)7(15)8-16-6(17-19-8)3-18-4-10(13,14)9(11)12/h5,7,9H,3-4,15H2,1-2H3/t7-/m0/s1. The molecule has 9 heteroatoms. The predicted molar refractivity (Wildman–Crippen MR) is 56.7 cm³/mol. The average Bonchev–Trinajstić information content (AvgIpc) is 2.76. The van der Waals surface area contributed by atoms with Crippen molar-refractivity contribution in [1.29, 1.82) is 0 Å². The third-order valence-corrected chi connectivity index (χ3v) is 2.33. The molecular weight excluding hydrogens is 270 g/mol. The third kappa shape index (κ3) is 4.43. The van der Waals surface area contributed by atoms with E-state index in [0.717, 1.165) is 0 Å². The van der Waals surface area contributed by atoms with Crippen LogP contribution in [0.5, 0.6) is 0 Å². The van der Waals surface area contributed by atoms with Crippen LogP contribution >= 0.6 is 0 Å². The molecule has 0 aliphatic carbocycles. The Bertz CT molecular complexity index is 398. The van der Waals surface area contributed by atoms with Crippen LogP contribution in [0.15, 0.2) is 4.52 Å². The van der Waals surface area contributed by atoms with Crippen molar-refractivity contribution in [2.45, 2.75) is 38.8 Å². The van der Waals surface area contributed by atoms with Gasteiger partial charge >= 0.3 is 12.3 Å². The Hall–Kier alpha value is -1.22. The number of alkyl halides is 4. The Morgan fingerprint density at radius 1 is 1.37 bits per heavy atom. The lowest BCUT2D eigenvalue weighted by atomic mass is 10.1. The molecule has 110 valence electrons. The van der Waals surface area contributed by atoms with Crippen LogP contribution in [0.1, 0.15) is 31.6 Å². The van der Waals surface area contributed by atoms with Crippen LogP contribution in [0, 0.1) is 5.92 Å². The number of aromatic nitrogens is 2. The van der Waals surface area contributed by atoms with Crippen molar-refractivity contribution in [3.05, 3.63) is 11.7 Å². The molecule has 0 spiro atoms. The molecule has 0 fully saturated rings. The average molecular weight is 285 g/mol. The molecule has 1 atom stereocenters. The second kappa shape index (κ2) is 6.29. The van der Waals surface area contributed by atoms with Crippen LogP contribution < -0.4 is 5.73 Å². The Morgan fingerprint density at radius 2 is 2.00 bits per heavy atom. The van der Waals surface area contributed by atoms with Gasteiger partial charge in [0.05, 0.1) is 6.04 Å². The predicted octanol–water partition coefficient (Wildman–Crippen LogP) is 2.14.